The van der Waals surface area contributed by atoms with E-state index in [4.69, 9.17) is 0 Å². The van der Waals surface area contributed by atoms with E-state index in [-0.39, 0.29) is 23.7 Å². The number of hydrogen-bond donors (Lipinski definition) is 1. The molecule has 4 heteroatoms. The zero-order valence-corrected chi connectivity index (χ0v) is 16.7. The Morgan fingerprint density at radius 1 is 1.11 bits per heavy atom. The van der Waals surface area contributed by atoms with Gasteiger partial charge in [0.05, 0.1) is 0 Å². The van der Waals surface area contributed by atoms with Gasteiger partial charge in [0.15, 0.2) is 0 Å². The lowest BCUT2D eigenvalue weighted by Gasteiger charge is -2.33. The van der Waals surface area contributed by atoms with Gasteiger partial charge in [0.25, 0.3) is 0 Å². The van der Waals surface area contributed by atoms with Gasteiger partial charge in [0.1, 0.15) is 5.82 Å². The maximum atomic E-state index is 13.9. The molecule has 1 heterocycles. The second kappa shape index (κ2) is 10.4. The van der Waals surface area contributed by atoms with Gasteiger partial charge in [-0.15, -0.1) is 0 Å². The quantitative estimate of drug-likeness (QED) is 0.741. The monoisotopic (exact) mass is 382 g/mol. The number of hydrogen-bond acceptors (Lipinski definition) is 2. The Labute approximate surface area is 167 Å². The summed E-state index contributed by atoms with van der Waals surface area (Å²) in [5.41, 5.74) is 2.00. The SMILES string of the molecule is CCC(Cc1ccccc1F)C(=O)NC1CCN(CCc2ccccc2)CC1. The van der Waals surface area contributed by atoms with Crippen LogP contribution in [0.15, 0.2) is 54.6 Å². The van der Waals surface area contributed by atoms with Crippen molar-refractivity contribution in [3.8, 4) is 0 Å². The van der Waals surface area contributed by atoms with Crippen LogP contribution >= 0.6 is 0 Å². The summed E-state index contributed by atoms with van der Waals surface area (Å²) in [6.45, 7) is 5.09. The standard InChI is InChI=1S/C24H31FN2O/c1-2-20(18-21-10-6-7-11-23(21)25)24(28)26-22-13-16-27(17-14-22)15-12-19-8-4-3-5-9-19/h3-11,20,22H,2,12-18H2,1H3,(H,26,28). The lowest BCUT2D eigenvalue weighted by atomic mass is 9.94. The van der Waals surface area contributed by atoms with Gasteiger partial charge in [-0.25, -0.2) is 4.39 Å². The predicted octanol–water partition coefficient (Wildman–Crippen LogP) is 4.22. The predicted molar refractivity (Wildman–Crippen MR) is 112 cm³/mol. The second-order valence-electron chi connectivity index (χ2n) is 7.76. The summed E-state index contributed by atoms with van der Waals surface area (Å²) < 4.78 is 13.9. The van der Waals surface area contributed by atoms with E-state index < -0.39 is 0 Å². The lowest BCUT2D eigenvalue weighted by Crippen LogP contribution is -2.46. The van der Waals surface area contributed by atoms with Crippen LogP contribution in [-0.2, 0) is 17.6 Å². The molecule has 1 atom stereocenters. The first-order valence-corrected chi connectivity index (χ1v) is 10.5. The van der Waals surface area contributed by atoms with Crippen LogP contribution in [0.5, 0.6) is 0 Å². The van der Waals surface area contributed by atoms with Crippen molar-refractivity contribution in [1.82, 2.24) is 10.2 Å². The normalized spacial score (nSPS) is 16.6. The Hall–Kier alpha value is -2.20. The molecule has 1 amide bonds. The number of carbonyl (C=O) groups is 1. The maximum absolute atomic E-state index is 13.9. The fraction of sp³-hybridized carbons (Fsp3) is 0.458. The number of benzene rings is 2. The number of halogens is 1. The van der Waals surface area contributed by atoms with E-state index in [1.54, 1.807) is 12.1 Å². The van der Waals surface area contributed by atoms with Crippen molar-refractivity contribution in [2.24, 2.45) is 5.92 Å². The van der Waals surface area contributed by atoms with E-state index in [2.05, 4.69) is 34.5 Å². The highest BCUT2D eigenvalue weighted by Crippen LogP contribution is 2.17. The topological polar surface area (TPSA) is 32.3 Å². The van der Waals surface area contributed by atoms with Gasteiger partial charge < -0.3 is 10.2 Å². The third-order valence-corrected chi connectivity index (χ3v) is 5.78. The molecular formula is C24H31FN2O. The molecule has 0 bridgehead atoms. The number of amides is 1. The summed E-state index contributed by atoms with van der Waals surface area (Å²) in [5, 5.41) is 3.22. The zero-order valence-electron chi connectivity index (χ0n) is 16.7. The van der Waals surface area contributed by atoms with Gasteiger partial charge in [0.2, 0.25) is 5.91 Å². The van der Waals surface area contributed by atoms with Crippen LogP contribution in [0.1, 0.15) is 37.3 Å². The van der Waals surface area contributed by atoms with E-state index >= 15 is 0 Å². The molecule has 0 radical (unpaired) electrons. The highest BCUT2D eigenvalue weighted by Gasteiger charge is 2.24. The van der Waals surface area contributed by atoms with Crippen LogP contribution in [0.2, 0.25) is 0 Å². The molecule has 3 nitrogen and oxygen atoms in total. The third kappa shape index (κ3) is 5.90. The van der Waals surface area contributed by atoms with Crippen LogP contribution in [0, 0.1) is 11.7 Å². The first-order chi connectivity index (χ1) is 13.7. The van der Waals surface area contributed by atoms with E-state index in [0.29, 0.717) is 12.0 Å². The van der Waals surface area contributed by atoms with E-state index in [1.807, 2.05) is 19.1 Å². The molecule has 0 aliphatic carbocycles. The Morgan fingerprint density at radius 2 is 1.79 bits per heavy atom. The Morgan fingerprint density at radius 3 is 2.46 bits per heavy atom. The minimum absolute atomic E-state index is 0.0634. The van der Waals surface area contributed by atoms with Crippen molar-refractivity contribution in [2.75, 3.05) is 19.6 Å². The molecule has 2 aromatic rings. The number of rotatable bonds is 8. The van der Waals surface area contributed by atoms with Gasteiger partial charge in [-0.1, -0.05) is 55.5 Å². The number of nitrogens with one attached hydrogen (secondary N) is 1. The molecule has 2 aromatic carbocycles. The van der Waals surface area contributed by atoms with Crippen LogP contribution in [0.4, 0.5) is 4.39 Å². The molecule has 3 rings (SSSR count). The van der Waals surface area contributed by atoms with E-state index in [9.17, 15) is 9.18 Å². The minimum Gasteiger partial charge on any atom is -0.353 e. The molecule has 150 valence electrons. The molecule has 1 aliphatic heterocycles. The van der Waals surface area contributed by atoms with Gasteiger partial charge in [-0.3, -0.25) is 4.79 Å². The van der Waals surface area contributed by atoms with Crippen molar-refractivity contribution in [3.05, 3.63) is 71.5 Å². The van der Waals surface area contributed by atoms with Crippen molar-refractivity contribution < 1.29 is 9.18 Å². The van der Waals surface area contributed by atoms with Crippen molar-refractivity contribution >= 4 is 5.91 Å². The second-order valence-corrected chi connectivity index (χ2v) is 7.76. The van der Waals surface area contributed by atoms with Crippen LogP contribution in [0.25, 0.3) is 0 Å². The van der Waals surface area contributed by atoms with Gasteiger partial charge in [0, 0.05) is 31.6 Å². The van der Waals surface area contributed by atoms with Gasteiger partial charge in [-0.05, 0) is 49.3 Å². The Balaban J connectivity index is 1.43. The first-order valence-electron chi connectivity index (χ1n) is 10.5. The molecule has 0 aromatic heterocycles. The highest BCUT2D eigenvalue weighted by molar-refractivity contribution is 5.79. The average Bonchev–Trinajstić information content (AvgIpc) is 2.73. The maximum Gasteiger partial charge on any atom is 0.223 e. The summed E-state index contributed by atoms with van der Waals surface area (Å²) >= 11 is 0. The number of likely N-dealkylation sites (tertiary alicyclic amines) is 1. The van der Waals surface area contributed by atoms with Crippen LogP contribution in [0.3, 0.4) is 0 Å². The molecule has 1 unspecified atom stereocenters. The highest BCUT2D eigenvalue weighted by atomic mass is 19.1. The van der Waals surface area contributed by atoms with Gasteiger partial charge >= 0.3 is 0 Å². The first kappa shape index (κ1) is 20.5. The summed E-state index contributed by atoms with van der Waals surface area (Å²) in [6, 6.07) is 17.6. The Bertz CT molecular complexity index is 741. The molecule has 0 spiro atoms. The summed E-state index contributed by atoms with van der Waals surface area (Å²) in [7, 11) is 0. The molecule has 28 heavy (non-hydrogen) atoms. The fourth-order valence-corrected chi connectivity index (χ4v) is 3.90. The molecule has 1 aliphatic rings. The molecule has 1 N–H and O–H groups in total. The molecular weight excluding hydrogens is 351 g/mol. The third-order valence-electron chi connectivity index (χ3n) is 5.78. The van der Waals surface area contributed by atoms with Crippen molar-refractivity contribution in [2.45, 2.75) is 45.1 Å². The van der Waals surface area contributed by atoms with Crippen molar-refractivity contribution in [3.63, 3.8) is 0 Å². The van der Waals surface area contributed by atoms with E-state index in [0.717, 1.165) is 45.3 Å². The summed E-state index contributed by atoms with van der Waals surface area (Å²) in [6.07, 6.45) is 4.22. The van der Waals surface area contributed by atoms with Crippen LogP contribution in [-0.4, -0.2) is 36.5 Å². The number of piperidine rings is 1. The molecule has 0 saturated carbocycles. The van der Waals surface area contributed by atoms with Crippen LogP contribution < -0.4 is 5.32 Å². The zero-order chi connectivity index (χ0) is 19.8. The number of carbonyl (C=O) groups excluding carboxylic acids is 1. The molecule has 1 saturated heterocycles. The van der Waals surface area contributed by atoms with Crippen molar-refractivity contribution in [1.29, 1.82) is 0 Å². The Kier molecular flexibility index (Phi) is 7.61. The summed E-state index contributed by atoms with van der Waals surface area (Å²) in [5.74, 6) is -0.332. The number of nitrogens with zero attached hydrogens (tertiary/aromatic N) is 1. The van der Waals surface area contributed by atoms with E-state index in [1.165, 1.54) is 11.6 Å². The smallest absolute Gasteiger partial charge is 0.223 e. The lowest BCUT2D eigenvalue weighted by molar-refractivity contribution is -0.126. The minimum atomic E-state index is -0.222. The fourth-order valence-electron chi connectivity index (χ4n) is 3.90. The largest absolute Gasteiger partial charge is 0.353 e. The summed E-state index contributed by atoms with van der Waals surface area (Å²) in [4.78, 5) is 15.2. The average molecular weight is 383 g/mol. The molecule has 1 fully saturated rings. The van der Waals surface area contributed by atoms with Gasteiger partial charge in [-0.2, -0.15) is 0 Å².